The molecule has 0 aromatic heterocycles. The number of rotatable bonds is 4. The molecule has 6 nitrogen and oxygen atoms in total. The van der Waals surface area contributed by atoms with Crippen LogP contribution in [0.2, 0.25) is 0 Å². The summed E-state index contributed by atoms with van der Waals surface area (Å²) in [7, 11) is 0. The molecule has 0 saturated carbocycles. The van der Waals surface area contributed by atoms with Gasteiger partial charge in [-0.1, -0.05) is 0 Å². The van der Waals surface area contributed by atoms with Gasteiger partial charge in [-0.05, 0) is 51.0 Å². The molecule has 23 heavy (non-hydrogen) atoms. The summed E-state index contributed by atoms with van der Waals surface area (Å²) >= 11 is 0. The van der Waals surface area contributed by atoms with Gasteiger partial charge in [-0.3, -0.25) is 4.79 Å². The van der Waals surface area contributed by atoms with E-state index in [2.05, 4.69) is 0 Å². The molecule has 1 fully saturated rings. The van der Waals surface area contributed by atoms with Crippen molar-refractivity contribution >= 4 is 11.9 Å². The number of hydrogen-bond acceptors (Lipinski definition) is 4. The molecule has 1 aromatic carbocycles. The summed E-state index contributed by atoms with van der Waals surface area (Å²) in [5.74, 6) is -0.545. The van der Waals surface area contributed by atoms with Gasteiger partial charge in [-0.15, -0.1) is 0 Å². The lowest BCUT2D eigenvalue weighted by atomic mass is 10.0. The Labute approximate surface area is 136 Å². The third-order valence-electron chi connectivity index (χ3n) is 3.95. The number of nitrogens with zero attached hydrogens (tertiary/aromatic N) is 1. The molecule has 6 heteroatoms. The monoisotopic (exact) mass is 321 g/mol. The van der Waals surface area contributed by atoms with E-state index in [4.69, 9.17) is 14.6 Å². The number of benzene rings is 1. The van der Waals surface area contributed by atoms with E-state index in [0.717, 1.165) is 11.1 Å². The van der Waals surface area contributed by atoms with Gasteiger partial charge in [0, 0.05) is 5.56 Å². The fraction of sp³-hybridized carbons (Fsp3) is 0.529. The third kappa shape index (κ3) is 3.82. The molecular weight excluding hydrogens is 298 g/mol. The molecule has 1 saturated heterocycles. The number of carbonyl (C=O) groups is 2. The zero-order valence-electron chi connectivity index (χ0n) is 14.0. The van der Waals surface area contributed by atoms with Crippen LogP contribution in [0, 0.1) is 13.8 Å². The maximum atomic E-state index is 12.8. The minimum Gasteiger partial charge on any atom is -0.481 e. The average Bonchev–Trinajstić information content (AvgIpc) is 2.45. The number of aliphatic carboxylic acids is 1. The van der Waals surface area contributed by atoms with Gasteiger partial charge in [0.1, 0.15) is 5.75 Å². The predicted molar refractivity (Wildman–Crippen MR) is 85.0 cm³/mol. The van der Waals surface area contributed by atoms with Crippen LogP contribution in [0.4, 0.5) is 0 Å². The van der Waals surface area contributed by atoms with E-state index in [0.29, 0.717) is 24.5 Å². The Hall–Kier alpha value is -2.08. The second-order valence-corrected chi connectivity index (χ2v) is 6.07. The fourth-order valence-corrected chi connectivity index (χ4v) is 2.99. The lowest BCUT2D eigenvalue weighted by Gasteiger charge is -2.39. The first kappa shape index (κ1) is 17.3. The van der Waals surface area contributed by atoms with Gasteiger partial charge >= 0.3 is 5.97 Å². The van der Waals surface area contributed by atoms with Crippen LogP contribution in [0.15, 0.2) is 12.1 Å². The van der Waals surface area contributed by atoms with Crippen LogP contribution >= 0.6 is 0 Å². The highest BCUT2D eigenvalue weighted by molar-refractivity contribution is 5.95. The Bertz CT molecular complexity index is 580. The molecule has 1 amide bonds. The molecule has 1 aliphatic rings. The largest absolute Gasteiger partial charge is 0.481 e. The second-order valence-electron chi connectivity index (χ2n) is 6.07. The van der Waals surface area contributed by atoms with E-state index in [9.17, 15) is 9.59 Å². The molecular formula is C17H23NO5. The van der Waals surface area contributed by atoms with Crippen LogP contribution in [0.25, 0.3) is 0 Å². The quantitative estimate of drug-likeness (QED) is 0.918. The molecule has 0 aliphatic carbocycles. The molecule has 0 spiro atoms. The number of ether oxygens (including phenoxy) is 2. The minimum atomic E-state index is -1.03. The summed E-state index contributed by atoms with van der Waals surface area (Å²) in [6.45, 7) is 8.24. The SMILES string of the molecule is Cc1cc(C(=O)N2C(C)COCC2C)cc(C)c1OCC(=O)O. The molecule has 0 bridgehead atoms. The lowest BCUT2D eigenvalue weighted by Crippen LogP contribution is -2.52. The number of hydrogen-bond donors (Lipinski definition) is 1. The van der Waals surface area contributed by atoms with Gasteiger partial charge in [0.05, 0.1) is 25.3 Å². The minimum absolute atomic E-state index is 0.0230. The van der Waals surface area contributed by atoms with E-state index < -0.39 is 12.6 Å². The molecule has 2 atom stereocenters. The Balaban J connectivity index is 2.26. The van der Waals surface area contributed by atoms with Crippen molar-refractivity contribution in [2.45, 2.75) is 39.8 Å². The smallest absolute Gasteiger partial charge is 0.341 e. The number of amides is 1. The van der Waals surface area contributed by atoms with Crippen LogP contribution < -0.4 is 4.74 Å². The van der Waals surface area contributed by atoms with E-state index >= 15 is 0 Å². The Morgan fingerprint density at radius 2 is 1.74 bits per heavy atom. The van der Waals surface area contributed by atoms with Crippen molar-refractivity contribution < 1.29 is 24.2 Å². The summed E-state index contributed by atoms with van der Waals surface area (Å²) in [4.78, 5) is 25.3. The summed E-state index contributed by atoms with van der Waals surface area (Å²) in [5, 5.41) is 8.73. The first-order chi connectivity index (χ1) is 10.8. The highest BCUT2D eigenvalue weighted by Crippen LogP contribution is 2.27. The summed E-state index contributed by atoms with van der Waals surface area (Å²) in [6, 6.07) is 3.55. The molecule has 2 rings (SSSR count). The lowest BCUT2D eigenvalue weighted by molar-refractivity contribution is -0.139. The highest BCUT2D eigenvalue weighted by Gasteiger charge is 2.30. The standard InChI is InChI=1S/C17H23NO5/c1-10-5-14(6-11(2)16(10)23-9-15(19)20)17(21)18-12(3)7-22-8-13(18)4/h5-6,12-13H,7-9H2,1-4H3,(H,19,20). The number of morpholine rings is 1. The Morgan fingerprint density at radius 1 is 1.22 bits per heavy atom. The van der Waals surface area contributed by atoms with Crippen LogP contribution in [0.1, 0.15) is 35.3 Å². The summed E-state index contributed by atoms with van der Waals surface area (Å²) < 4.78 is 10.8. The predicted octanol–water partition coefficient (Wildman–Crippen LogP) is 2.02. The van der Waals surface area contributed by atoms with Crippen molar-refractivity contribution in [1.82, 2.24) is 4.90 Å². The Kier molecular flexibility index (Phi) is 5.26. The number of aryl methyl sites for hydroxylation is 2. The van der Waals surface area contributed by atoms with Crippen LogP contribution in [0.3, 0.4) is 0 Å². The third-order valence-corrected chi connectivity index (χ3v) is 3.95. The van der Waals surface area contributed by atoms with Gasteiger partial charge in [0.2, 0.25) is 0 Å². The van der Waals surface area contributed by atoms with Gasteiger partial charge in [0.15, 0.2) is 6.61 Å². The van der Waals surface area contributed by atoms with E-state index in [-0.39, 0.29) is 18.0 Å². The zero-order chi connectivity index (χ0) is 17.1. The number of carboxylic acid groups (broad SMARTS) is 1. The van der Waals surface area contributed by atoms with Crippen LogP contribution in [0.5, 0.6) is 5.75 Å². The molecule has 1 N–H and O–H groups in total. The molecule has 1 aliphatic heterocycles. The van der Waals surface area contributed by atoms with E-state index in [1.165, 1.54) is 0 Å². The molecule has 1 heterocycles. The van der Waals surface area contributed by atoms with Crippen molar-refractivity contribution in [2.24, 2.45) is 0 Å². The van der Waals surface area contributed by atoms with E-state index in [1.807, 2.05) is 32.6 Å². The summed E-state index contributed by atoms with van der Waals surface area (Å²) in [5.41, 5.74) is 2.09. The maximum Gasteiger partial charge on any atom is 0.341 e. The zero-order valence-corrected chi connectivity index (χ0v) is 14.0. The normalized spacial score (nSPS) is 21.1. The van der Waals surface area contributed by atoms with Crippen molar-refractivity contribution in [3.05, 3.63) is 28.8 Å². The van der Waals surface area contributed by atoms with Crippen molar-refractivity contribution in [2.75, 3.05) is 19.8 Å². The number of carbonyl (C=O) groups excluding carboxylic acids is 1. The topological polar surface area (TPSA) is 76.1 Å². The van der Waals surface area contributed by atoms with Gasteiger partial charge < -0.3 is 19.5 Å². The van der Waals surface area contributed by atoms with Gasteiger partial charge in [-0.2, -0.15) is 0 Å². The Morgan fingerprint density at radius 3 is 2.22 bits per heavy atom. The molecule has 2 unspecified atom stereocenters. The van der Waals surface area contributed by atoms with E-state index in [1.54, 1.807) is 12.1 Å². The number of carboxylic acids is 1. The van der Waals surface area contributed by atoms with Crippen LogP contribution in [-0.4, -0.2) is 53.8 Å². The van der Waals surface area contributed by atoms with Crippen molar-refractivity contribution in [3.63, 3.8) is 0 Å². The second kappa shape index (κ2) is 7.00. The highest BCUT2D eigenvalue weighted by atomic mass is 16.5. The average molecular weight is 321 g/mol. The first-order valence-electron chi connectivity index (χ1n) is 7.67. The van der Waals surface area contributed by atoms with Gasteiger partial charge in [-0.25, -0.2) is 4.79 Å². The summed E-state index contributed by atoms with van der Waals surface area (Å²) in [6.07, 6.45) is 0. The van der Waals surface area contributed by atoms with Gasteiger partial charge in [0.25, 0.3) is 5.91 Å². The molecule has 0 radical (unpaired) electrons. The fourth-order valence-electron chi connectivity index (χ4n) is 2.99. The first-order valence-corrected chi connectivity index (χ1v) is 7.67. The van der Waals surface area contributed by atoms with Crippen LogP contribution in [-0.2, 0) is 9.53 Å². The molecule has 126 valence electrons. The van der Waals surface area contributed by atoms with Crippen molar-refractivity contribution in [3.8, 4) is 5.75 Å². The van der Waals surface area contributed by atoms with Crippen molar-refractivity contribution in [1.29, 1.82) is 0 Å². The maximum absolute atomic E-state index is 12.8. The molecule has 1 aromatic rings.